The molecular weight excluding hydrogens is 292 g/mol. The van der Waals surface area contributed by atoms with Crippen LogP contribution < -0.4 is 0 Å². The van der Waals surface area contributed by atoms with Gasteiger partial charge < -0.3 is 14.8 Å². The predicted molar refractivity (Wildman–Crippen MR) is 70.2 cm³/mol. The van der Waals surface area contributed by atoms with E-state index in [1.54, 1.807) is 0 Å². The van der Waals surface area contributed by atoms with Crippen LogP contribution in [-0.4, -0.2) is 30.9 Å². The lowest BCUT2D eigenvalue weighted by Gasteiger charge is -2.05. The second-order valence-corrected chi connectivity index (χ2v) is 6.80. The van der Waals surface area contributed by atoms with Gasteiger partial charge in [-0.05, 0) is 29.3 Å². The Morgan fingerprint density at radius 1 is 1.16 bits per heavy atom. The number of hydrogen-bond acceptors (Lipinski definition) is 4. The second-order valence-electron chi connectivity index (χ2n) is 3.97. The molecule has 0 amide bonds. The Morgan fingerprint density at radius 3 is 2.16 bits per heavy atom. The van der Waals surface area contributed by atoms with Crippen LogP contribution in [0, 0.1) is 0 Å². The maximum absolute atomic E-state index is 11.4. The summed E-state index contributed by atoms with van der Waals surface area (Å²) < 4.78 is 20.7. The van der Waals surface area contributed by atoms with Crippen LogP contribution in [0.25, 0.3) is 6.08 Å². The van der Waals surface area contributed by atoms with Crippen LogP contribution in [0.3, 0.4) is 0 Å². The van der Waals surface area contributed by atoms with Gasteiger partial charge in [-0.1, -0.05) is 0 Å². The Morgan fingerprint density at radius 2 is 1.68 bits per heavy atom. The zero-order chi connectivity index (χ0) is 14.4. The molecule has 0 aliphatic heterocycles. The lowest BCUT2D eigenvalue weighted by atomic mass is 10.00. The summed E-state index contributed by atoms with van der Waals surface area (Å²) in [5, 5.41) is 17.9. The summed E-state index contributed by atoms with van der Waals surface area (Å²) in [5.74, 6) is -2.73. The topological polar surface area (TPSA) is 112 Å². The van der Waals surface area contributed by atoms with E-state index >= 15 is 0 Å². The van der Waals surface area contributed by atoms with Crippen molar-refractivity contribution in [1.82, 2.24) is 0 Å². The van der Waals surface area contributed by atoms with Gasteiger partial charge in [0.05, 0.1) is 11.1 Å². The maximum Gasteiger partial charge on any atom is 0.336 e. The molecule has 0 spiro atoms. The van der Waals surface area contributed by atoms with E-state index in [1.165, 1.54) is 18.2 Å². The molecule has 1 aliphatic rings. The number of benzene rings is 1. The third kappa shape index (κ3) is 2.50. The Hall–Kier alpha value is -1.77. The van der Waals surface area contributed by atoms with Crippen LogP contribution in [0.4, 0.5) is 0 Å². The summed E-state index contributed by atoms with van der Waals surface area (Å²) in [5.41, 5.74) is 0.167. The van der Waals surface area contributed by atoms with E-state index in [0.717, 1.165) is 0 Å². The summed E-state index contributed by atoms with van der Waals surface area (Å²) in [6.45, 7) is 0. The molecule has 3 N–H and O–H groups in total. The fourth-order valence-electron chi connectivity index (χ4n) is 1.88. The lowest BCUT2D eigenvalue weighted by molar-refractivity contribution is 0.0651. The van der Waals surface area contributed by atoms with E-state index in [-0.39, 0.29) is 22.5 Å². The molecule has 0 fully saturated rings. The molecule has 100 valence electrons. The Bertz CT molecular complexity index is 730. The van der Waals surface area contributed by atoms with Crippen molar-refractivity contribution in [1.29, 1.82) is 0 Å². The van der Waals surface area contributed by atoms with Gasteiger partial charge in [0.25, 0.3) is 0 Å². The highest BCUT2D eigenvalue weighted by atomic mass is 32.8. The van der Waals surface area contributed by atoms with E-state index in [9.17, 15) is 18.4 Å². The number of carboxylic acid groups (broad SMARTS) is 2. The maximum atomic E-state index is 11.4. The van der Waals surface area contributed by atoms with Crippen molar-refractivity contribution in [3.05, 3.63) is 39.3 Å². The average Bonchev–Trinajstić information content (AvgIpc) is 2.69. The molecule has 0 heterocycles. The van der Waals surface area contributed by atoms with Crippen molar-refractivity contribution in [2.45, 2.75) is 6.42 Å². The van der Waals surface area contributed by atoms with Crippen LogP contribution in [0.1, 0.15) is 31.8 Å². The summed E-state index contributed by atoms with van der Waals surface area (Å²) in [4.78, 5) is 22.1. The first kappa shape index (κ1) is 13.7. The summed E-state index contributed by atoms with van der Waals surface area (Å²) in [7, 11) is -3.54. The number of carbonyl (C=O) groups is 2. The highest BCUT2D eigenvalue weighted by Gasteiger charge is 2.24. The predicted octanol–water partition coefficient (Wildman–Crippen LogP) is 1.20. The zero-order valence-electron chi connectivity index (χ0n) is 9.32. The van der Waals surface area contributed by atoms with E-state index in [0.29, 0.717) is 11.1 Å². The Balaban J connectivity index is 2.62. The third-order valence-corrected chi connectivity index (χ3v) is 4.32. The highest BCUT2D eigenvalue weighted by Crippen LogP contribution is 2.30. The second kappa shape index (κ2) is 4.41. The quantitative estimate of drug-likeness (QED) is 0.768. The first-order valence-electron chi connectivity index (χ1n) is 5.01. The molecule has 0 bridgehead atoms. The molecule has 0 saturated carbocycles. The van der Waals surface area contributed by atoms with Crippen LogP contribution in [0.2, 0.25) is 0 Å². The van der Waals surface area contributed by atoms with Crippen LogP contribution in [0.15, 0.2) is 17.0 Å². The Labute approximate surface area is 112 Å². The number of allylic oxidation sites excluding steroid dienone is 1. The van der Waals surface area contributed by atoms with Crippen molar-refractivity contribution >= 4 is 38.0 Å². The number of rotatable bonds is 3. The molecule has 1 unspecified atom stereocenters. The molecule has 1 aliphatic carbocycles. The minimum Gasteiger partial charge on any atom is -0.478 e. The number of fused-ring (bicyclic) bond motifs is 1. The molecular formula is C11H8O6S2. The van der Waals surface area contributed by atoms with Crippen molar-refractivity contribution < 1.29 is 28.6 Å². The van der Waals surface area contributed by atoms with Crippen LogP contribution >= 0.6 is 0 Å². The van der Waals surface area contributed by atoms with Gasteiger partial charge in [0.15, 0.2) is 8.77 Å². The Kier molecular flexibility index (Phi) is 3.17. The average molecular weight is 300 g/mol. The monoisotopic (exact) mass is 300 g/mol. The van der Waals surface area contributed by atoms with E-state index < -0.39 is 20.7 Å². The van der Waals surface area contributed by atoms with E-state index in [1.807, 2.05) is 0 Å². The minimum atomic E-state index is -3.54. The minimum absolute atomic E-state index is 0.0499. The molecule has 19 heavy (non-hydrogen) atoms. The van der Waals surface area contributed by atoms with Crippen molar-refractivity contribution in [2.75, 3.05) is 0 Å². The van der Waals surface area contributed by atoms with Gasteiger partial charge in [-0.3, -0.25) is 0 Å². The van der Waals surface area contributed by atoms with E-state index in [4.69, 9.17) is 10.2 Å². The summed E-state index contributed by atoms with van der Waals surface area (Å²) >= 11 is 4.44. The van der Waals surface area contributed by atoms with Crippen molar-refractivity contribution in [3.8, 4) is 0 Å². The smallest absolute Gasteiger partial charge is 0.336 e. The molecule has 2 rings (SSSR count). The number of carboxylic acids is 2. The molecule has 1 atom stereocenters. The summed E-state index contributed by atoms with van der Waals surface area (Å²) in [6, 6.07) is 2.37. The molecule has 0 aromatic heterocycles. The van der Waals surface area contributed by atoms with E-state index in [2.05, 4.69) is 11.2 Å². The third-order valence-electron chi connectivity index (χ3n) is 2.75. The first-order valence-corrected chi connectivity index (χ1v) is 7.45. The van der Waals surface area contributed by atoms with Crippen LogP contribution in [-0.2, 0) is 26.4 Å². The fraction of sp³-hybridized carbons (Fsp3) is 0.0909. The SMILES string of the molecule is O=C(O)c1cc2c(cc1C(=O)O)CC(S(=O)(O)=S)=C2. The van der Waals surface area contributed by atoms with Crippen molar-refractivity contribution in [2.24, 2.45) is 0 Å². The number of aromatic carboxylic acids is 2. The largest absolute Gasteiger partial charge is 0.478 e. The lowest BCUT2D eigenvalue weighted by Crippen LogP contribution is -2.09. The van der Waals surface area contributed by atoms with Gasteiger partial charge in [0.1, 0.15) is 0 Å². The fourth-order valence-corrected chi connectivity index (χ4v) is 2.82. The van der Waals surface area contributed by atoms with Gasteiger partial charge in [0, 0.05) is 22.5 Å². The molecule has 0 radical (unpaired) electrons. The van der Waals surface area contributed by atoms with Crippen molar-refractivity contribution in [3.63, 3.8) is 0 Å². The molecule has 6 nitrogen and oxygen atoms in total. The number of hydrogen-bond donors (Lipinski definition) is 3. The van der Waals surface area contributed by atoms with Gasteiger partial charge >= 0.3 is 11.9 Å². The highest BCUT2D eigenvalue weighted by molar-refractivity contribution is 8.32. The van der Waals surface area contributed by atoms with Crippen LogP contribution in [0.5, 0.6) is 0 Å². The first-order chi connectivity index (χ1) is 8.70. The van der Waals surface area contributed by atoms with Gasteiger partial charge in [-0.15, -0.1) is 0 Å². The van der Waals surface area contributed by atoms with Gasteiger partial charge in [-0.25, -0.2) is 13.8 Å². The summed E-state index contributed by atoms with van der Waals surface area (Å²) in [6.07, 6.45) is 1.39. The molecule has 0 saturated heterocycles. The van der Waals surface area contributed by atoms with Gasteiger partial charge in [-0.2, -0.15) is 0 Å². The standard InChI is InChI=1S/C11H8O6S2/c12-10(13)8-3-5-1-7(19(16,17)18)2-6(5)4-9(8)11(14)15/h1,3-4H,2H2,(H,12,13)(H,14,15)(H,16,17,18). The normalized spacial score (nSPS) is 16.4. The zero-order valence-corrected chi connectivity index (χ0v) is 11.0. The molecule has 1 aromatic carbocycles. The molecule has 8 heteroatoms. The molecule has 1 aromatic rings. The van der Waals surface area contributed by atoms with Gasteiger partial charge in [0.2, 0.25) is 0 Å².